The summed E-state index contributed by atoms with van der Waals surface area (Å²) in [5.74, 6) is 0.00910. The molecule has 0 radical (unpaired) electrons. The summed E-state index contributed by atoms with van der Waals surface area (Å²) in [6.45, 7) is 5.76. The fraction of sp³-hybridized carbons (Fsp3) is 0.160. The van der Waals surface area contributed by atoms with E-state index in [1.54, 1.807) is 30.3 Å². The van der Waals surface area contributed by atoms with Crippen LogP contribution in [0.1, 0.15) is 32.6 Å². The number of benzene rings is 3. The first-order valence-corrected chi connectivity index (χ1v) is 9.91. The first-order valence-electron chi connectivity index (χ1n) is 9.91. The lowest BCUT2D eigenvalue weighted by Gasteiger charge is -2.10. The van der Waals surface area contributed by atoms with Crippen LogP contribution >= 0.6 is 0 Å². The zero-order chi connectivity index (χ0) is 22.2. The van der Waals surface area contributed by atoms with Gasteiger partial charge in [-0.2, -0.15) is 5.10 Å². The second kappa shape index (κ2) is 10.2. The first kappa shape index (κ1) is 21.8. The topological polar surface area (TPSA) is 79.8 Å². The molecule has 0 atom stereocenters. The second-order valence-electron chi connectivity index (χ2n) is 7.29. The minimum atomic E-state index is -0.285. The number of anilines is 1. The third-order valence-electron chi connectivity index (χ3n) is 4.59. The van der Waals surface area contributed by atoms with Crippen LogP contribution in [0.5, 0.6) is 5.75 Å². The quantitative estimate of drug-likeness (QED) is 0.444. The molecule has 0 fully saturated rings. The monoisotopic (exact) mass is 415 g/mol. The van der Waals surface area contributed by atoms with Gasteiger partial charge in [0.1, 0.15) is 5.75 Å². The summed E-state index contributed by atoms with van der Waals surface area (Å²) >= 11 is 0. The Labute approximate surface area is 182 Å². The van der Waals surface area contributed by atoms with Gasteiger partial charge in [-0.05, 0) is 67.8 Å². The number of nitrogens with one attached hydrogen (secondary N) is 2. The number of aryl methyl sites for hydroxylation is 3. The largest absolute Gasteiger partial charge is 0.484 e. The molecule has 0 saturated heterocycles. The Morgan fingerprint density at radius 1 is 0.935 bits per heavy atom. The zero-order valence-electron chi connectivity index (χ0n) is 17.8. The molecule has 6 heteroatoms. The van der Waals surface area contributed by atoms with Gasteiger partial charge in [0.25, 0.3) is 11.8 Å². The van der Waals surface area contributed by atoms with Gasteiger partial charge >= 0.3 is 0 Å². The lowest BCUT2D eigenvalue weighted by Crippen LogP contribution is -2.20. The maximum atomic E-state index is 12.2. The van der Waals surface area contributed by atoms with Gasteiger partial charge in [0.2, 0.25) is 0 Å². The van der Waals surface area contributed by atoms with Crippen LogP contribution in [0.3, 0.4) is 0 Å². The van der Waals surface area contributed by atoms with E-state index >= 15 is 0 Å². The molecule has 2 N–H and O–H groups in total. The highest BCUT2D eigenvalue weighted by atomic mass is 16.5. The van der Waals surface area contributed by atoms with Gasteiger partial charge in [0, 0.05) is 11.3 Å². The summed E-state index contributed by atoms with van der Waals surface area (Å²) < 4.78 is 5.60. The van der Waals surface area contributed by atoms with E-state index in [1.165, 1.54) is 6.21 Å². The molecule has 0 aliphatic carbocycles. The van der Waals surface area contributed by atoms with Crippen LogP contribution in [0.25, 0.3) is 0 Å². The van der Waals surface area contributed by atoms with Crippen molar-refractivity contribution in [1.29, 1.82) is 0 Å². The Balaban J connectivity index is 1.53. The minimum Gasteiger partial charge on any atom is -0.484 e. The zero-order valence-corrected chi connectivity index (χ0v) is 17.8. The lowest BCUT2D eigenvalue weighted by molar-refractivity contribution is -0.118. The number of carbonyl (C=O) groups excluding carboxylic acids is 2. The molecule has 3 aromatic rings. The SMILES string of the molecule is Cc1ccc(C(=O)N/N=C/c2cccc(OCC(=O)Nc3cc(C)ccc3C)c2)cc1. The molecule has 0 bridgehead atoms. The van der Waals surface area contributed by atoms with E-state index in [1.807, 2.05) is 57.2 Å². The molecule has 0 aliphatic heterocycles. The molecule has 2 amide bonds. The second-order valence-corrected chi connectivity index (χ2v) is 7.29. The van der Waals surface area contributed by atoms with Gasteiger partial charge in [-0.1, -0.05) is 42.0 Å². The summed E-state index contributed by atoms with van der Waals surface area (Å²) in [5.41, 5.74) is 7.69. The molecule has 0 aliphatic rings. The molecule has 3 aromatic carbocycles. The summed E-state index contributed by atoms with van der Waals surface area (Å²) in [5, 5.41) is 6.85. The third kappa shape index (κ3) is 6.54. The molecule has 31 heavy (non-hydrogen) atoms. The van der Waals surface area contributed by atoms with E-state index in [9.17, 15) is 9.59 Å². The normalized spacial score (nSPS) is 10.7. The Morgan fingerprint density at radius 3 is 2.45 bits per heavy atom. The molecule has 3 rings (SSSR count). The number of hydrogen-bond donors (Lipinski definition) is 2. The molecule has 0 unspecified atom stereocenters. The van der Waals surface area contributed by atoms with Crippen LogP contribution in [0.15, 0.2) is 71.8 Å². The average Bonchev–Trinajstić information content (AvgIpc) is 2.75. The molecule has 0 heterocycles. The van der Waals surface area contributed by atoms with Crippen LogP contribution < -0.4 is 15.5 Å². The fourth-order valence-electron chi connectivity index (χ4n) is 2.83. The van der Waals surface area contributed by atoms with Crippen molar-refractivity contribution in [3.8, 4) is 5.75 Å². The van der Waals surface area contributed by atoms with Gasteiger partial charge in [-0.15, -0.1) is 0 Å². The van der Waals surface area contributed by atoms with E-state index in [4.69, 9.17) is 4.74 Å². The molecule has 0 spiro atoms. The van der Waals surface area contributed by atoms with E-state index in [0.29, 0.717) is 11.3 Å². The Bertz CT molecular complexity index is 1110. The van der Waals surface area contributed by atoms with E-state index in [-0.39, 0.29) is 18.4 Å². The molecule has 6 nitrogen and oxygen atoms in total. The van der Waals surface area contributed by atoms with Crippen molar-refractivity contribution in [1.82, 2.24) is 5.43 Å². The van der Waals surface area contributed by atoms with Gasteiger partial charge in [-0.25, -0.2) is 5.43 Å². The van der Waals surface area contributed by atoms with Crippen LogP contribution in [0, 0.1) is 20.8 Å². The Hall–Kier alpha value is -3.93. The van der Waals surface area contributed by atoms with E-state index in [0.717, 1.165) is 27.9 Å². The third-order valence-corrected chi connectivity index (χ3v) is 4.59. The highest BCUT2D eigenvalue weighted by molar-refractivity contribution is 5.95. The molecule has 0 aromatic heterocycles. The van der Waals surface area contributed by atoms with Gasteiger partial charge < -0.3 is 10.1 Å². The average molecular weight is 415 g/mol. The Kier molecular flexibility index (Phi) is 7.17. The van der Waals surface area contributed by atoms with Crippen LogP contribution in [-0.2, 0) is 4.79 Å². The highest BCUT2D eigenvalue weighted by Gasteiger charge is 2.07. The van der Waals surface area contributed by atoms with Crippen molar-refractivity contribution >= 4 is 23.7 Å². The Morgan fingerprint density at radius 2 is 1.68 bits per heavy atom. The van der Waals surface area contributed by atoms with Crippen molar-refractivity contribution in [2.75, 3.05) is 11.9 Å². The number of amides is 2. The maximum absolute atomic E-state index is 12.2. The standard InChI is InChI=1S/C25H25N3O3/c1-17-8-11-21(12-9-17)25(30)28-26-15-20-5-4-6-22(14-20)31-16-24(29)27-23-13-18(2)7-10-19(23)3/h4-15H,16H2,1-3H3,(H,27,29)(H,28,30)/b26-15+. The molecule has 0 saturated carbocycles. The molecule has 158 valence electrons. The maximum Gasteiger partial charge on any atom is 0.271 e. The molecular weight excluding hydrogens is 390 g/mol. The smallest absolute Gasteiger partial charge is 0.271 e. The fourth-order valence-corrected chi connectivity index (χ4v) is 2.83. The number of rotatable bonds is 7. The van der Waals surface area contributed by atoms with Crippen LogP contribution in [0.4, 0.5) is 5.69 Å². The summed E-state index contributed by atoms with van der Waals surface area (Å²) in [7, 11) is 0. The summed E-state index contributed by atoms with van der Waals surface area (Å²) in [6, 6.07) is 20.2. The van der Waals surface area contributed by atoms with Gasteiger partial charge in [-0.3, -0.25) is 9.59 Å². The number of hydrogen-bond acceptors (Lipinski definition) is 4. The van der Waals surface area contributed by atoms with E-state index in [2.05, 4.69) is 15.8 Å². The first-order chi connectivity index (χ1) is 14.9. The van der Waals surface area contributed by atoms with Crippen molar-refractivity contribution in [2.24, 2.45) is 5.10 Å². The highest BCUT2D eigenvalue weighted by Crippen LogP contribution is 2.17. The number of carbonyl (C=O) groups is 2. The minimum absolute atomic E-state index is 0.113. The van der Waals surface area contributed by atoms with Crippen LogP contribution in [0.2, 0.25) is 0 Å². The van der Waals surface area contributed by atoms with Gasteiger partial charge in [0.15, 0.2) is 6.61 Å². The van der Waals surface area contributed by atoms with Crippen LogP contribution in [-0.4, -0.2) is 24.6 Å². The lowest BCUT2D eigenvalue weighted by atomic mass is 10.1. The predicted octanol–water partition coefficient (Wildman–Crippen LogP) is 4.39. The van der Waals surface area contributed by atoms with Crippen molar-refractivity contribution < 1.29 is 14.3 Å². The molecular formula is C25H25N3O3. The summed E-state index contributed by atoms with van der Waals surface area (Å²) in [6.07, 6.45) is 1.52. The van der Waals surface area contributed by atoms with E-state index < -0.39 is 0 Å². The predicted molar refractivity (Wildman–Crippen MR) is 123 cm³/mol. The summed E-state index contributed by atoms with van der Waals surface area (Å²) in [4.78, 5) is 24.3. The number of ether oxygens (including phenoxy) is 1. The van der Waals surface area contributed by atoms with Crippen molar-refractivity contribution in [3.63, 3.8) is 0 Å². The van der Waals surface area contributed by atoms with Crippen molar-refractivity contribution in [3.05, 3.63) is 94.5 Å². The number of nitrogens with zero attached hydrogens (tertiary/aromatic N) is 1. The van der Waals surface area contributed by atoms with Gasteiger partial charge in [0.05, 0.1) is 6.21 Å². The number of hydrazone groups is 1. The van der Waals surface area contributed by atoms with Crippen molar-refractivity contribution in [2.45, 2.75) is 20.8 Å².